The lowest BCUT2D eigenvalue weighted by atomic mass is 9.82. The van der Waals surface area contributed by atoms with Crippen LogP contribution in [0.1, 0.15) is 49.0 Å². The molecule has 2 rings (SSSR count). The lowest BCUT2D eigenvalue weighted by Gasteiger charge is -2.33. The van der Waals surface area contributed by atoms with E-state index in [2.05, 4.69) is 25.8 Å². The first-order valence-corrected chi connectivity index (χ1v) is 10.1. The minimum Gasteiger partial charge on any atom is -0.496 e. The van der Waals surface area contributed by atoms with Crippen LogP contribution in [0.4, 0.5) is 0 Å². The van der Waals surface area contributed by atoms with Crippen LogP contribution in [-0.4, -0.2) is 54.0 Å². The van der Waals surface area contributed by atoms with Crippen molar-refractivity contribution in [2.24, 2.45) is 0 Å². The van der Waals surface area contributed by atoms with Gasteiger partial charge in [-0.05, 0) is 43.5 Å². The molecule has 1 atom stereocenters. The predicted molar refractivity (Wildman–Crippen MR) is 111 cm³/mol. The second kappa shape index (κ2) is 8.69. The Hall–Kier alpha value is -1.47. The van der Waals surface area contributed by atoms with Gasteiger partial charge in [-0.15, -0.1) is 11.3 Å². The summed E-state index contributed by atoms with van der Waals surface area (Å²) in [4.78, 5) is 6.62. The smallest absolute Gasteiger partial charge is 0.157 e. The standard InChI is InChI=1S/C21H32N2O3S/c1-15-13-27-19(22-15)21(25,14-23(5)10-7-11-24)17-12-16(20(2,3)4)8-9-18(17)26-6/h8-9,12-13,24-25H,7,10-11,14H2,1-6H3. The number of rotatable bonds is 8. The van der Waals surface area contributed by atoms with Gasteiger partial charge in [-0.2, -0.15) is 0 Å². The molecule has 1 unspecified atom stereocenters. The Kier molecular flexibility index (Phi) is 7.03. The van der Waals surface area contributed by atoms with Crippen molar-refractivity contribution in [1.82, 2.24) is 9.88 Å². The quantitative estimate of drug-likeness (QED) is 0.722. The van der Waals surface area contributed by atoms with Gasteiger partial charge < -0.3 is 19.8 Å². The summed E-state index contributed by atoms with van der Waals surface area (Å²) < 4.78 is 5.61. The molecule has 0 spiro atoms. The fourth-order valence-corrected chi connectivity index (χ4v) is 4.02. The first-order chi connectivity index (χ1) is 12.6. The Bertz CT molecular complexity index is 754. The van der Waals surface area contributed by atoms with E-state index in [-0.39, 0.29) is 12.0 Å². The number of aryl methyl sites for hydroxylation is 1. The van der Waals surface area contributed by atoms with Gasteiger partial charge in [0.05, 0.1) is 7.11 Å². The van der Waals surface area contributed by atoms with E-state index in [0.29, 0.717) is 30.3 Å². The predicted octanol–water partition coefficient (Wildman–Crippen LogP) is 3.31. The first kappa shape index (κ1) is 21.8. The van der Waals surface area contributed by atoms with E-state index >= 15 is 0 Å². The van der Waals surface area contributed by atoms with E-state index in [1.807, 2.05) is 42.5 Å². The molecule has 0 aliphatic heterocycles. The molecule has 1 aromatic carbocycles. The number of benzene rings is 1. The van der Waals surface area contributed by atoms with Crippen LogP contribution in [0, 0.1) is 6.92 Å². The number of nitrogens with zero attached hydrogens (tertiary/aromatic N) is 2. The monoisotopic (exact) mass is 392 g/mol. The molecule has 6 heteroatoms. The van der Waals surface area contributed by atoms with Gasteiger partial charge in [0.2, 0.25) is 0 Å². The molecule has 0 bridgehead atoms. The van der Waals surface area contributed by atoms with Crippen LogP contribution in [0.5, 0.6) is 5.75 Å². The largest absolute Gasteiger partial charge is 0.496 e. The molecule has 150 valence electrons. The topological polar surface area (TPSA) is 65.8 Å². The molecule has 0 fully saturated rings. The van der Waals surface area contributed by atoms with Crippen molar-refractivity contribution in [2.45, 2.75) is 45.1 Å². The van der Waals surface area contributed by atoms with E-state index in [1.54, 1.807) is 7.11 Å². The highest BCUT2D eigenvalue weighted by Crippen LogP contribution is 2.40. The van der Waals surface area contributed by atoms with Crippen molar-refractivity contribution in [2.75, 3.05) is 33.9 Å². The highest BCUT2D eigenvalue weighted by Gasteiger charge is 2.39. The van der Waals surface area contributed by atoms with E-state index in [0.717, 1.165) is 16.8 Å². The highest BCUT2D eigenvalue weighted by atomic mass is 32.1. The fraction of sp³-hybridized carbons (Fsp3) is 0.571. The van der Waals surface area contributed by atoms with Crippen LogP contribution >= 0.6 is 11.3 Å². The molecule has 5 nitrogen and oxygen atoms in total. The van der Waals surface area contributed by atoms with Gasteiger partial charge in [-0.1, -0.05) is 26.8 Å². The van der Waals surface area contributed by atoms with Crippen LogP contribution in [0.3, 0.4) is 0 Å². The zero-order valence-electron chi connectivity index (χ0n) is 17.2. The summed E-state index contributed by atoms with van der Waals surface area (Å²) in [6.07, 6.45) is 0.655. The molecule has 1 heterocycles. The number of aromatic nitrogens is 1. The lowest BCUT2D eigenvalue weighted by molar-refractivity contribution is 0.0398. The molecule has 0 aliphatic rings. The Morgan fingerprint density at radius 2 is 1.96 bits per heavy atom. The molecular formula is C21H32N2O3S. The van der Waals surface area contributed by atoms with Crippen LogP contribution in [0.2, 0.25) is 0 Å². The normalized spacial score (nSPS) is 14.4. The first-order valence-electron chi connectivity index (χ1n) is 9.25. The summed E-state index contributed by atoms with van der Waals surface area (Å²) >= 11 is 1.46. The number of aliphatic hydroxyl groups is 2. The van der Waals surface area contributed by atoms with E-state index in [4.69, 9.17) is 9.84 Å². The second-order valence-corrected chi connectivity index (χ2v) is 8.99. The van der Waals surface area contributed by atoms with Crippen molar-refractivity contribution < 1.29 is 14.9 Å². The fourth-order valence-electron chi connectivity index (χ4n) is 3.12. The summed E-state index contributed by atoms with van der Waals surface area (Å²) in [6, 6.07) is 6.01. The van der Waals surface area contributed by atoms with Gasteiger partial charge in [0.25, 0.3) is 0 Å². The third kappa shape index (κ3) is 5.08. The van der Waals surface area contributed by atoms with Crippen molar-refractivity contribution in [3.8, 4) is 5.75 Å². The number of thiazole rings is 1. The minimum absolute atomic E-state index is 0.0521. The number of hydrogen-bond donors (Lipinski definition) is 2. The van der Waals surface area contributed by atoms with Crippen molar-refractivity contribution >= 4 is 11.3 Å². The SMILES string of the molecule is COc1ccc(C(C)(C)C)cc1C(O)(CN(C)CCCO)c1nc(C)cs1. The summed E-state index contributed by atoms with van der Waals surface area (Å²) in [5.74, 6) is 0.647. The molecule has 0 radical (unpaired) electrons. The van der Waals surface area contributed by atoms with Crippen LogP contribution in [0.15, 0.2) is 23.6 Å². The molecule has 0 saturated heterocycles. The second-order valence-electron chi connectivity index (χ2n) is 8.13. The Morgan fingerprint density at radius 1 is 1.26 bits per heavy atom. The zero-order chi connectivity index (χ0) is 20.2. The molecule has 0 saturated carbocycles. The van der Waals surface area contributed by atoms with Crippen molar-refractivity contribution in [1.29, 1.82) is 0 Å². The molecular weight excluding hydrogens is 360 g/mol. The maximum atomic E-state index is 11.9. The summed E-state index contributed by atoms with van der Waals surface area (Å²) in [5.41, 5.74) is 1.39. The van der Waals surface area contributed by atoms with Gasteiger partial charge in [-0.25, -0.2) is 4.98 Å². The van der Waals surface area contributed by atoms with Gasteiger partial charge in [-0.3, -0.25) is 0 Å². The number of hydrogen-bond acceptors (Lipinski definition) is 6. The molecule has 1 aromatic heterocycles. The van der Waals surface area contributed by atoms with E-state index in [1.165, 1.54) is 11.3 Å². The molecule has 0 amide bonds. The summed E-state index contributed by atoms with van der Waals surface area (Å²) in [6.45, 7) is 9.56. The van der Waals surface area contributed by atoms with Crippen LogP contribution in [0.25, 0.3) is 0 Å². The molecule has 2 aromatic rings. The maximum Gasteiger partial charge on any atom is 0.157 e. The lowest BCUT2D eigenvalue weighted by Crippen LogP contribution is -2.41. The maximum absolute atomic E-state index is 11.9. The van der Waals surface area contributed by atoms with Gasteiger partial charge in [0.1, 0.15) is 10.8 Å². The van der Waals surface area contributed by atoms with Gasteiger partial charge in [0, 0.05) is 36.3 Å². The van der Waals surface area contributed by atoms with Crippen LogP contribution < -0.4 is 4.74 Å². The summed E-state index contributed by atoms with van der Waals surface area (Å²) in [7, 11) is 3.57. The Labute approximate surface area is 166 Å². The number of methoxy groups -OCH3 is 1. The number of likely N-dealkylation sites (N-methyl/N-ethyl adjacent to an activating group) is 1. The average Bonchev–Trinajstić information content (AvgIpc) is 3.05. The van der Waals surface area contributed by atoms with Gasteiger partial charge >= 0.3 is 0 Å². The minimum atomic E-state index is -1.30. The van der Waals surface area contributed by atoms with Crippen molar-refractivity contribution in [3.05, 3.63) is 45.4 Å². The zero-order valence-corrected chi connectivity index (χ0v) is 18.1. The average molecular weight is 393 g/mol. The Morgan fingerprint density at radius 3 is 2.48 bits per heavy atom. The highest BCUT2D eigenvalue weighted by molar-refractivity contribution is 7.09. The Balaban J connectivity index is 2.59. The third-order valence-corrected chi connectivity index (χ3v) is 5.79. The third-order valence-electron chi connectivity index (χ3n) is 4.68. The molecule has 27 heavy (non-hydrogen) atoms. The van der Waals surface area contributed by atoms with Crippen molar-refractivity contribution in [3.63, 3.8) is 0 Å². The van der Waals surface area contributed by atoms with Gasteiger partial charge in [0.15, 0.2) is 5.60 Å². The number of aliphatic hydroxyl groups excluding tert-OH is 1. The van der Waals surface area contributed by atoms with Crippen LogP contribution in [-0.2, 0) is 11.0 Å². The van der Waals surface area contributed by atoms with E-state index in [9.17, 15) is 5.11 Å². The molecule has 2 N–H and O–H groups in total. The number of ether oxygens (including phenoxy) is 1. The van der Waals surface area contributed by atoms with E-state index < -0.39 is 5.60 Å². The molecule has 0 aliphatic carbocycles. The summed E-state index contributed by atoms with van der Waals surface area (Å²) in [5, 5.41) is 23.6.